The maximum Gasteiger partial charge on any atom is 0.522 e. The van der Waals surface area contributed by atoms with Gasteiger partial charge in [0.15, 0.2) is 0 Å². The SMILES string of the molecule is Fc1ccc(CNCCOC(F)(F)F)c(F)c1. The molecule has 0 saturated heterocycles. The Balaban J connectivity index is 2.27. The Bertz CT molecular complexity index is 366. The largest absolute Gasteiger partial charge is 0.522 e. The molecule has 0 aliphatic rings. The molecule has 2 nitrogen and oxygen atoms in total. The molecular formula is C10H10F5NO. The molecule has 17 heavy (non-hydrogen) atoms. The fourth-order valence-electron chi connectivity index (χ4n) is 1.13. The van der Waals surface area contributed by atoms with Crippen LogP contribution in [0.2, 0.25) is 0 Å². The highest BCUT2D eigenvalue weighted by molar-refractivity contribution is 5.18. The predicted octanol–water partition coefficient (Wildman–Crippen LogP) is 2.59. The summed E-state index contributed by atoms with van der Waals surface area (Å²) in [6.45, 7) is -0.643. The number of nitrogens with one attached hydrogen (secondary N) is 1. The monoisotopic (exact) mass is 255 g/mol. The first-order valence-electron chi connectivity index (χ1n) is 4.74. The molecular weight excluding hydrogens is 245 g/mol. The molecule has 0 unspecified atom stereocenters. The molecule has 0 saturated carbocycles. The second-order valence-electron chi connectivity index (χ2n) is 3.21. The summed E-state index contributed by atoms with van der Waals surface area (Å²) in [6.07, 6.45) is -4.66. The van der Waals surface area contributed by atoms with E-state index in [4.69, 9.17) is 0 Å². The number of hydrogen-bond acceptors (Lipinski definition) is 2. The zero-order chi connectivity index (χ0) is 12.9. The van der Waals surface area contributed by atoms with Gasteiger partial charge in [-0.2, -0.15) is 0 Å². The van der Waals surface area contributed by atoms with Crippen LogP contribution in [0.4, 0.5) is 22.0 Å². The first kappa shape index (κ1) is 13.9. The fraction of sp³-hybridized carbons (Fsp3) is 0.400. The molecule has 1 aromatic carbocycles. The third kappa shape index (κ3) is 5.60. The zero-order valence-electron chi connectivity index (χ0n) is 8.65. The number of rotatable bonds is 5. The molecule has 0 bridgehead atoms. The highest BCUT2D eigenvalue weighted by atomic mass is 19.4. The highest BCUT2D eigenvalue weighted by Crippen LogP contribution is 2.15. The van der Waals surface area contributed by atoms with E-state index in [1.807, 2.05) is 0 Å². The Morgan fingerprint density at radius 1 is 1.18 bits per heavy atom. The number of halogens is 5. The van der Waals surface area contributed by atoms with Gasteiger partial charge in [-0.1, -0.05) is 6.07 Å². The average molecular weight is 255 g/mol. The van der Waals surface area contributed by atoms with Crippen molar-refractivity contribution in [3.05, 3.63) is 35.4 Å². The van der Waals surface area contributed by atoms with Gasteiger partial charge in [0.05, 0.1) is 6.61 Å². The van der Waals surface area contributed by atoms with Gasteiger partial charge in [-0.05, 0) is 6.07 Å². The van der Waals surface area contributed by atoms with E-state index in [0.717, 1.165) is 6.07 Å². The summed E-state index contributed by atoms with van der Waals surface area (Å²) < 4.78 is 63.8. The minimum atomic E-state index is -4.66. The van der Waals surface area contributed by atoms with Gasteiger partial charge in [0.2, 0.25) is 0 Å². The molecule has 0 fully saturated rings. The minimum absolute atomic E-state index is 0.00727. The van der Waals surface area contributed by atoms with E-state index < -0.39 is 24.6 Å². The molecule has 0 heterocycles. The quantitative estimate of drug-likeness (QED) is 0.645. The van der Waals surface area contributed by atoms with Gasteiger partial charge < -0.3 is 5.32 Å². The first-order chi connectivity index (χ1) is 7.88. The van der Waals surface area contributed by atoms with E-state index >= 15 is 0 Å². The van der Waals surface area contributed by atoms with Crippen LogP contribution < -0.4 is 5.32 Å². The van der Waals surface area contributed by atoms with Crippen molar-refractivity contribution in [1.82, 2.24) is 5.32 Å². The highest BCUT2D eigenvalue weighted by Gasteiger charge is 2.28. The number of ether oxygens (including phenoxy) is 1. The van der Waals surface area contributed by atoms with E-state index in [-0.39, 0.29) is 18.7 Å². The average Bonchev–Trinajstić information content (AvgIpc) is 2.18. The Morgan fingerprint density at radius 2 is 1.88 bits per heavy atom. The number of hydrogen-bond donors (Lipinski definition) is 1. The first-order valence-corrected chi connectivity index (χ1v) is 4.74. The van der Waals surface area contributed by atoms with E-state index in [0.29, 0.717) is 6.07 Å². The van der Waals surface area contributed by atoms with Gasteiger partial charge in [-0.15, -0.1) is 13.2 Å². The molecule has 96 valence electrons. The summed E-state index contributed by atoms with van der Waals surface area (Å²) in [5.41, 5.74) is 0.179. The lowest BCUT2D eigenvalue weighted by molar-refractivity contribution is -0.323. The van der Waals surface area contributed by atoms with Crippen molar-refractivity contribution in [3.8, 4) is 0 Å². The van der Waals surface area contributed by atoms with Gasteiger partial charge in [-0.3, -0.25) is 4.74 Å². The molecule has 0 aliphatic carbocycles. The van der Waals surface area contributed by atoms with Gasteiger partial charge in [0.1, 0.15) is 11.6 Å². The molecule has 0 atom stereocenters. The van der Waals surface area contributed by atoms with Crippen LogP contribution in [0.5, 0.6) is 0 Å². The summed E-state index contributed by atoms with van der Waals surface area (Å²) in [5.74, 6) is -1.44. The number of benzene rings is 1. The van der Waals surface area contributed by atoms with E-state index in [9.17, 15) is 22.0 Å². The van der Waals surface area contributed by atoms with Crippen molar-refractivity contribution in [3.63, 3.8) is 0 Å². The summed E-state index contributed by atoms with van der Waals surface area (Å²) in [5, 5.41) is 2.55. The van der Waals surface area contributed by atoms with Crippen LogP contribution >= 0.6 is 0 Å². The zero-order valence-corrected chi connectivity index (χ0v) is 8.65. The smallest absolute Gasteiger partial charge is 0.310 e. The van der Waals surface area contributed by atoms with Crippen molar-refractivity contribution in [1.29, 1.82) is 0 Å². The van der Waals surface area contributed by atoms with Crippen LogP contribution in [0, 0.1) is 11.6 Å². The van der Waals surface area contributed by atoms with Crippen LogP contribution in [-0.2, 0) is 11.3 Å². The lowest BCUT2D eigenvalue weighted by atomic mass is 10.2. The van der Waals surface area contributed by atoms with E-state index in [2.05, 4.69) is 10.1 Å². The van der Waals surface area contributed by atoms with Crippen LogP contribution in [-0.4, -0.2) is 19.5 Å². The Labute approximate surface area is 94.4 Å². The van der Waals surface area contributed by atoms with Gasteiger partial charge >= 0.3 is 6.36 Å². The van der Waals surface area contributed by atoms with Crippen LogP contribution in [0.25, 0.3) is 0 Å². The van der Waals surface area contributed by atoms with Crippen LogP contribution in [0.1, 0.15) is 5.56 Å². The molecule has 0 aromatic heterocycles. The summed E-state index contributed by atoms with van der Waals surface area (Å²) in [4.78, 5) is 0. The molecule has 7 heteroatoms. The lowest BCUT2D eigenvalue weighted by Gasteiger charge is -2.08. The molecule has 0 spiro atoms. The van der Waals surface area contributed by atoms with E-state index in [1.165, 1.54) is 6.07 Å². The second kappa shape index (κ2) is 5.92. The van der Waals surface area contributed by atoms with Crippen molar-refractivity contribution >= 4 is 0 Å². The van der Waals surface area contributed by atoms with Gasteiger partial charge in [0, 0.05) is 24.7 Å². The summed E-state index contributed by atoms with van der Waals surface area (Å²) >= 11 is 0. The Morgan fingerprint density at radius 3 is 2.47 bits per heavy atom. The lowest BCUT2D eigenvalue weighted by Crippen LogP contribution is -2.24. The fourth-order valence-corrected chi connectivity index (χ4v) is 1.13. The molecule has 0 radical (unpaired) electrons. The van der Waals surface area contributed by atoms with Crippen molar-refractivity contribution < 1.29 is 26.7 Å². The van der Waals surface area contributed by atoms with Crippen molar-refractivity contribution in [2.45, 2.75) is 12.9 Å². The standard InChI is InChI=1S/C10H10F5NO/c11-8-2-1-7(9(12)5-8)6-16-3-4-17-10(13,14)15/h1-2,5,16H,3-4,6H2. The van der Waals surface area contributed by atoms with Gasteiger partial charge in [0.25, 0.3) is 0 Å². The topological polar surface area (TPSA) is 21.3 Å². The molecule has 0 aliphatic heterocycles. The summed E-state index contributed by atoms with van der Waals surface area (Å²) in [6, 6.07) is 3.01. The normalized spacial score (nSPS) is 11.8. The van der Waals surface area contributed by atoms with Gasteiger partial charge in [-0.25, -0.2) is 8.78 Å². The predicted molar refractivity (Wildman–Crippen MR) is 50.1 cm³/mol. The van der Waals surface area contributed by atoms with Crippen molar-refractivity contribution in [2.24, 2.45) is 0 Å². The third-order valence-electron chi connectivity index (χ3n) is 1.88. The second-order valence-corrected chi connectivity index (χ2v) is 3.21. The van der Waals surface area contributed by atoms with E-state index in [1.54, 1.807) is 0 Å². The minimum Gasteiger partial charge on any atom is -0.310 e. The molecule has 0 amide bonds. The third-order valence-corrected chi connectivity index (χ3v) is 1.88. The maximum absolute atomic E-state index is 13.1. The van der Waals surface area contributed by atoms with Crippen LogP contribution in [0.3, 0.4) is 0 Å². The Hall–Kier alpha value is -1.21. The van der Waals surface area contributed by atoms with Crippen LogP contribution in [0.15, 0.2) is 18.2 Å². The van der Waals surface area contributed by atoms with Crippen molar-refractivity contribution in [2.75, 3.05) is 13.2 Å². The summed E-state index contributed by atoms with van der Waals surface area (Å²) in [7, 11) is 0. The molecule has 1 N–H and O–H groups in total. The molecule has 1 rings (SSSR count). The Kier molecular flexibility index (Phi) is 4.83. The molecule has 1 aromatic rings. The number of alkyl halides is 3. The maximum atomic E-state index is 13.1.